The molecule has 7 heteroatoms. The fourth-order valence-electron chi connectivity index (χ4n) is 4.60. The number of para-hydroxylation sites is 1. The quantitative estimate of drug-likeness (QED) is 0.0892. The van der Waals surface area contributed by atoms with Gasteiger partial charge in [0.05, 0.1) is 24.4 Å². The van der Waals surface area contributed by atoms with E-state index in [9.17, 15) is 4.79 Å². The predicted molar refractivity (Wildman–Crippen MR) is 170 cm³/mol. The third kappa shape index (κ3) is 6.47. The minimum Gasteiger partial charge on any atom is -0.496 e. The van der Waals surface area contributed by atoms with Gasteiger partial charge in [0.1, 0.15) is 29.7 Å². The standard InChI is InChI=1S/C35H33NO5S/c1-22-18-27(21-32(39-5)24(22)3)29(37)13-10-25-11-14-31(38-4)33(20-25)41-17-16-40-30-15-12-26(19-23(30)2)35-36-28-8-6-7-9-34(28)42-35/h6-15,18-21H,16-17H2,1-5H3/b13-10+. The Bertz CT molecular complexity index is 1740. The third-order valence-corrected chi connectivity index (χ3v) is 8.14. The molecule has 1 aromatic heterocycles. The number of fused-ring (bicyclic) bond motifs is 1. The predicted octanol–water partition coefficient (Wildman–Crippen LogP) is 8.26. The van der Waals surface area contributed by atoms with Gasteiger partial charge in [-0.15, -0.1) is 11.3 Å². The van der Waals surface area contributed by atoms with Crippen molar-refractivity contribution in [3.8, 4) is 33.6 Å². The molecule has 6 nitrogen and oxygen atoms in total. The van der Waals surface area contributed by atoms with E-state index in [4.69, 9.17) is 23.9 Å². The monoisotopic (exact) mass is 579 g/mol. The van der Waals surface area contributed by atoms with E-state index in [1.807, 2.05) is 75.4 Å². The van der Waals surface area contributed by atoms with Crippen LogP contribution in [-0.4, -0.2) is 38.2 Å². The summed E-state index contributed by atoms with van der Waals surface area (Å²) in [7, 11) is 3.21. The van der Waals surface area contributed by atoms with Crippen LogP contribution < -0.4 is 18.9 Å². The Morgan fingerprint density at radius 2 is 1.52 bits per heavy atom. The van der Waals surface area contributed by atoms with Crippen molar-refractivity contribution in [2.24, 2.45) is 0 Å². The Morgan fingerprint density at radius 1 is 0.786 bits per heavy atom. The molecule has 0 bridgehead atoms. The first-order valence-electron chi connectivity index (χ1n) is 13.6. The van der Waals surface area contributed by atoms with Gasteiger partial charge in [0, 0.05) is 11.1 Å². The van der Waals surface area contributed by atoms with Crippen LogP contribution >= 0.6 is 11.3 Å². The first-order valence-corrected chi connectivity index (χ1v) is 14.5. The summed E-state index contributed by atoms with van der Waals surface area (Å²) in [4.78, 5) is 17.6. The van der Waals surface area contributed by atoms with Crippen LogP contribution in [0.2, 0.25) is 0 Å². The molecule has 5 rings (SSSR count). The lowest BCUT2D eigenvalue weighted by Gasteiger charge is -2.13. The number of carbonyl (C=O) groups is 1. The summed E-state index contributed by atoms with van der Waals surface area (Å²) < 4.78 is 24.1. The van der Waals surface area contributed by atoms with Crippen molar-refractivity contribution in [3.63, 3.8) is 0 Å². The number of rotatable bonds is 11. The van der Waals surface area contributed by atoms with E-state index in [0.717, 1.165) is 44.1 Å². The maximum absolute atomic E-state index is 12.9. The number of carbonyl (C=O) groups excluding carboxylic acids is 1. The van der Waals surface area contributed by atoms with Crippen LogP contribution in [0.5, 0.6) is 23.0 Å². The van der Waals surface area contributed by atoms with Crippen LogP contribution in [0.15, 0.2) is 78.9 Å². The maximum Gasteiger partial charge on any atom is 0.185 e. The van der Waals surface area contributed by atoms with Crippen LogP contribution in [0.25, 0.3) is 26.9 Å². The lowest BCUT2D eigenvalue weighted by atomic mass is 10.0. The number of aromatic nitrogens is 1. The van der Waals surface area contributed by atoms with E-state index in [2.05, 4.69) is 12.1 Å². The number of nitrogens with zero attached hydrogens (tertiary/aromatic N) is 1. The van der Waals surface area contributed by atoms with Crippen molar-refractivity contribution in [2.45, 2.75) is 20.8 Å². The molecule has 0 fully saturated rings. The largest absolute Gasteiger partial charge is 0.496 e. The molecule has 0 N–H and O–H groups in total. The minimum atomic E-state index is -0.104. The number of hydrogen-bond donors (Lipinski definition) is 0. The van der Waals surface area contributed by atoms with Gasteiger partial charge in [-0.25, -0.2) is 4.98 Å². The average Bonchev–Trinajstić information content (AvgIpc) is 3.44. The topological polar surface area (TPSA) is 66.9 Å². The molecule has 0 aliphatic heterocycles. The number of allylic oxidation sites excluding steroid dienone is 1. The van der Waals surface area contributed by atoms with Crippen molar-refractivity contribution in [1.82, 2.24) is 4.98 Å². The minimum absolute atomic E-state index is 0.104. The molecular formula is C35H33NO5S. The number of methoxy groups -OCH3 is 2. The maximum atomic E-state index is 12.9. The zero-order valence-corrected chi connectivity index (χ0v) is 25.2. The average molecular weight is 580 g/mol. The van der Waals surface area contributed by atoms with Gasteiger partial charge in [0.25, 0.3) is 0 Å². The fourth-order valence-corrected chi connectivity index (χ4v) is 5.56. The first kappa shape index (κ1) is 28.9. The van der Waals surface area contributed by atoms with Gasteiger partial charge < -0.3 is 18.9 Å². The van der Waals surface area contributed by atoms with Crippen LogP contribution in [-0.2, 0) is 0 Å². The second-order valence-corrected chi connectivity index (χ2v) is 10.9. The SMILES string of the molecule is COc1ccc(/C=C/C(=O)c2cc(C)c(C)c(OC)c2)cc1OCCOc1ccc(-c2nc3ccccc3s2)cc1C. The number of thiazole rings is 1. The molecule has 4 aromatic carbocycles. The second-order valence-electron chi connectivity index (χ2n) is 9.89. The highest BCUT2D eigenvalue weighted by atomic mass is 32.1. The fraction of sp³-hybridized carbons (Fsp3) is 0.200. The first-order chi connectivity index (χ1) is 20.4. The lowest BCUT2D eigenvalue weighted by Crippen LogP contribution is -2.10. The Hall–Kier alpha value is -4.62. The molecule has 0 radical (unpaired) electrons. The summed E-state index contributed by atoms with van der Waals surface area (Å²) in [6.07, 6.45) is 3.32. The molecule has 0 aliphatic carbocycles. The molecular weight excluding hydrogens is 546 g/mol. The van der Waals surface area contributed by atoms with Gasteiger partial charge in [-0.1, -0.05) is 24.3 Å². The van der Waals surface area contributed by atoms with Gasteiger partial charge in [-0.05, 0) is 104 Å². The number of benzene rings is 4. The molecule has 1 heterocycles. The van der Waals surface area contributed by atoms with Crippen LogP contribution in [0.3, 0.4) is 0 Å². The van der Waals surface area contributed by atoms with Crippen molar-refractivity contribution in [1.29, 1.82) is 0 Å². The van der Waals surface area contributed by atoms with E-state index in [-0.39, 0.29) is 5.78 Å². The Labute approximate surface area is 250 Å². The number of hydrogen-bond acceptors (Lipinski definition) is 7. The molecule has 5 aromatic rings. The summed E-state index contributed by atoms with van der Waals surface area (Å²) in [5.74, 6) is 2.58. The summed E-state index contributed by atoms with van der Waals surface area (Å²) in [6, 6.07) is 23.5. The van der Waals surface area contributed by atoms with E-state index in [1.54, 1.807) is 43.8 Å². The molecule has 0 spiro atoms. The Balaban J connectivity index is 1.20. The normalized spacial score (nSPS) is 11.2. The Morgan fingerprint density at radius 3 is 2.26 bits per heavy atom. The van der Waals surface area contributed by atoms with Gasteiger partial charge in [0.2, 0.25) is 0 Å². The smallest absolute Gasteiger partial charge is 0.185 e. The molecule has 0 saturated carbocycles. The molecule has 0 aliphatic rings. The lowest BCUT2D eigenvalue weighted by molar-refractivity contribution is 0.104. The highest BCUT2D eigenvalue weighted by molar-refractivity contribution is 7.21. The Kier molecular flexibility index (Phi) is 8.88. The van der Waals surface area contributed by atoms with Crippen molar-refractivity contribution < 1.29 is 23.7 Å². The molecule has 42 heavy (non-hydrogen) atoms. The second kappa shape index (κ2) is 12.9. The van der Waals surface area contributed by atoms with Crippen molar-refractivity contribution in [2.75, 3.05) is 27.4 Å². The molecule has 214 valence electrons. The van der Waals surface area contributed by atoms with Gasteiger partial charge in [0.15, 0.2) is 17.3 Å². The van der Waals surface area contributed by atoms with E-state index >= 15 is 0 Å². The molecule has 0 unspecified atom stereocenters. The number of aryl methyl sites for hydroxylation is 2. The molecule has 0 saturated heterocycles. The summed E-state index contributed by atoms with van der Waals surface area (Å²) >= 11 is 1.68. The summed E-state index contributed by atoms with van der Waals surface area (Å²) in [5, 5.41) is 0.991. The molecule has 0 amide bonds. The van der Waals surface area contributed by atoms with Crippen molar-refractivity contribution in [3.05, 3.63) is 107 Å². The van der Waals surface area contributed by atoms with Crippen LogP contribution in [0, 0.1) is 20.8 Å². The zero-order valence-electron chi connectivity index (χ0n) is 24.4. The van der Waals surface area contributed by atoms with Gasteiger partial charge >= 0.3 is 0 Å². The molecule has 0 atom stereocenters. The third-order valence-electron chi connectivity index (χ3n) is 7.05. The highest BCUT2D eigenvalue weighted by Gasteiger charge is 2.11. The van der Waals surface area contributed by atoms with E-state index in [1.165, 1.54) is 4.70 Å². The number of ether oxygens (including phenoxy) is 4. The van der Waals surface area contributed by atoms with Crippen LogP contribution in [0.4, 0.5) is 0 Å². The summed E-state index contributed by atoms with van der Waals surface area (Å²) in [5.41, 5.74) is 6.54. The highest BCUT2D eigenvalue weighted by Crippen LogP contribution is 2.33. The van der Waals surface area contributed by atoms with Crippen LogP contribution in [0.1, 0.15) is 32.6 Å². The van der Waals surface area contributed by atoms with E-state index < -0.39 is 0 Å². The van der Waals surface area contributed by atoms with Gasteiger partial charge in [-0.3, -0.25) is 4.79 Å². The van der Waals surface area contributed by atoms with Crippen molar-refractivity contribution >= 4 is 33.4 Å². The van der Waals surface area contributed by atoms with E-state index in [0.29, 0.717) is 36.0 Å². The summed E-state index contributed by atoms with van der Waals surface area (Å²) in [6.45, 7) is 6.66. The zero-order chi connectivity index (χ0) is 29.6. The number of ketones is 1. The van der Waals surface area contributed by atoms with Gasteiger partial charge in [-0.2, -0.15) is 0 Å².